The van der Waals surface area contributed by atoms with Crippen LogP contribution in [0.3, 0.4) is 0 Å². The van der Waals surface area contributed by atoms with E-state index in [1.165, 1.54) is 0 Å². The Kier molecular flexibility index (Phi) is 6.20. The zero-order valence-electron chi connectivity index (χ0n) is 14.8. The van der Waals surface area contributed by atoms with Crippen LogP contribution >= 0.6 is 35.0 Å². The minimum Gasteiger partial charge on any atom is -0.298 e. The lowest BCUT2D eigenvalue weighted by Gasteiger charge is -2.19. The quantitative estimate of drug-likeness (QED) is 0.291. The highest BCUT2D eigenvalue weighted by Gasteiger charge is 2.13. The van der Waals surface area contributed by atoms with E-state index in [1.54, 1.807) is 17.8 Å². The largest absolute Gasteiger partial charge is 0.298 e. The van der Waals surface area contributed by atoms with Crippen LogP contribution in [0, 0.1) is 0 Å². The normalized spacial score (nSPS) is 12.4. The van der Waals surface area contributed by atoms with Crippen LogP contribution in [0.25, 0.3) is 22.6 Å². The molecule has 3 aromatic rings. The molecule has 26 heavy (non-hydrogen) atoms. The number of hydrogen-bond acceptors (Lipinski definition) is 4. The maximum Gasteiger partial charge on any atom is 0.161 e. The van der Waals surface area contributed by atoms with Crippen LogP contribution < -0.4 is 0 Å². The van der Waals surface area contributed by atoms with Gasteiger partial charge in [0.2, 0.25) is 0 Å². The van der Waals surface area contributed by atoms with Crippen LogP contribution in [0.1, 0.15) is 6.92 Å². The van der Waals surface area contributed by atoms with E-state index in [4.69, 9.17) is 33.2 Å². The summed E-state index contributed by atoms with van der Waals surface area (Å²) in [4.78, 5) is 11.7. The van der Waals surface area contributed by atoms with Crippen molar-refractivity contribution in [1.29, 1.82) is 0 Å². The molecule has 0 bridgehead atoms. The molecule has 1 aromatic heterocycles. The van der Waals surface area contributed by atoms with Gasteiger partial charge in [-0.05, 0) is 39.2 Å². The average molecular weight is 404 g/mol. The lowest BCUT2D eigenvalue weighted by atomic mass is 10.1. The summed E-state index contributed by atoms with van der Waals surface area (Å²) < 4.78 is 0. The summed E-state index contributed by atoms with van der Waals surface area (Å²) in [5.41, 5.74) is 2.72. The van der Waals surface area contributed by atoms with Gasteiger partial charge in [-0.2, -0.15) is 0 Å². The molecule has 3 rings (SSSR count). The van der Waals surface area contributed by atoms with Crippen LogP contribution in [0.5, 0.6) is 0 Å². The number of hydrogen-bond donors (Lipinski definition) is 0. The van der Waals surface area contributed by atoms with Crippen molar-refractivity contribution in [1.82, 2.24) is 14.9 Å². The van der Waals surface area contributed by atoms with Crippen molar-refractivity contribution in [3.05, 3.63) is 64.6 Å². The van der Waals surface area contributed by atoms with E-state index in [0.717, 1.165) is 21.8 Å². The van der Waals surface area contributed by atoms with Gasteiger partial charge in [0.15, 0.2) is 5.82 Å². The maximum absolute atomic E-state index is 6.20. The van der Waals surface area contributed by atoms with Gasteiger partial charge < -0.3 is 0 Å². The highest BCUT2D eigenvalue weighted by atomic mass is 35.5. The van der Waals surface area contributed by atoms with Crippen molar-refractivity contribution < 1.29 is 0 Å². The second kappa shape index (κ2) is 8.40. The van der Waals surface area contributed by atoms with E-state index >= 15 is 0 Å². The Hall–Kier alpha value is -1.59. The smallest absolute Gasteiger partial charge is 0.161 e. The molecule has 0 aliphatic carbocycles. The van der Waals surface area contributed by atoms with Gasteiger partial charge in [-0.15, -0.1) is 0 Å². The first-order valence-electron chi connectivity index (χ1n) is 8.17. The van der Waals surface area contributed by atoms with E-state index < -0.39 is 0 Å². The minimum absolute atomic E-state index is 0.287. The van der Waals surface area contributed by atoms with Gasteiger partial charge in [0.05, 0.1) is 21.1 Å². The van der Waals surface area contributed by atoms with Crippen molar-refractivity contribution in [3.8, 4) is 22.6 Å². The summed E-state index contributed by atoms with van der Waals surface area (Å²) in [5.74, 6) is 0.697. The summed E-state index contributed by atoms with van der Waals surface area (Å²) >= 11 is 13.9. The number of benzene rings is 2. The standard InChI is InChI=1S/C20H19Cl2N3S/c1-13(25(2)3)26-19-12-18(15-9-10-16(21)17(22)11-15)23-20(24-19)14-7-5-4-6-8-14/h4-13H,1-3H3. The minimum atomic E-state index is 0.287. The van der Waals surface area contributed by atoms with Crippen molar-refractivity contribution in [2.24, 2.45) is 0 Å². The van der Waals surface area contributed by atoms with Gasteiger partial charge in [0, 0.05) is 11.1 Å². The van der Waals surface area contributed by atoms with Gasteiger partial charge in [0.25, 0.3) is 0 Å². The van der Waals surface area contributed by atoms with Gasteiger partial charge in [-0.3, -0.25) is 4.90 Å². The fraction of sp³-hybridized carbons (Fsp3) is 0.200. The second-order valence-corrected chi connectivity index (χ2v) is 8.24. The van der Waals surface area contributed by atoms with Crippen molar-refractivity contribution in [2.75, 3.05) is 14.1 Å². The average Bonchev–Trinajstić information content (AvgIpc) is 2.64. The van der Waals surface area contributed by atoms with Crippen LogP contribution in [0.2, 0.25) is 10.0 Å². The van der Waals surface area contributed by atoms with Crippen molar-refractivity contribution in [3.63, 3.8) is 0 Å². The summed E-state index contributed by atoms with van der Waals surface area (Å²) in [5, 5.41) is 2.25. The van der Waals surface area contributed by atoms with Crippen LogP contribution in [-0.2, 0) is 0 Å². The molecule has 0 aliphatic heterocycles. The monoisotopic (exact) mass is 403 g/mol. The third-order valence-corrected chi connectivity index (χ3v) is 5.92. The van der Waals surface area contributed by atoms with E-state index in [2.05, 4.69) is 25.9 Å². The molecule has 1 heterocycles. The first-order chi connectivity index (χ1) is 12.4. The molecule has 6 heteroatoms. The molecule has 0 N–H and O–H groups in total. The summed E-state index contributed by atoms with van der Waals surface area (Å²) in [7, 11) is 4.10. The maximum atomic E-state index is 6.20. The molecule has 1 unspecified atom stereocenters. The van der Waals surface area contributed by atoms with Gasteiger partial charge in [-0.1, -0.05) is 71.4 Å². The number of aromatic nitrogens is 2. The Morgan fingerprint density at radius 2 is 1.62 bits per heavy atom. The summed E-state index contributed by atoms with van der Waals surface area (Å²) in [6.07, 6.45) is 0. The lowest BCUT2D eigenvalue weighted by molar-refractivity contribution is 0.402. The zero-order chi connectivity index (χ0) is 18.7. The third-order valence-electron chi connectivity index (χ3n) is 3.97. The van der Waals surface area contributed by atoms with Gasteiger partial charge >= 0.3 is 0 Å². The van der Waals surface area contributed by atoms with E-state index in [-0.39, 0.29) is 5.37 Å². The molecule has 0 fully saturated rings. The summed E-state index contributed by atoms with van der Waals surface area (Å²) in [6.45, 7) is 2.15. The zero-order valence-corrected chi connectivity index (χ0v) is 17.1. The fourth-order valence-electron chi connectivity index (χ4n) is 2.29. The molecule has 1 atom stereocenters. The highest BCUT2D eigenvalue weighted by Crippen LogP contribution is 2.32. The third kappa shape index (κ3) is 4.57. The molecule has 0 saturated heterocycles. The van der Waals surface area contributed by atoms with E-state index in [0.29, 0.717) is 15.9 Å². The van der Waals surface area contributed by atoms with Crippen molar-refractivity contribution in [2.45, 2.75) is 17.3 Å². The van der Waals surface area contributed by atoms with Crippen LogP contribution in [-0.4, -0.2) is 34.3 Å². The Morgan fingerprint density at radius 1 is 0.885 bits per heavy atom. The number of halogens is 2. The topological polar surface area (TPSA) is 29.0 Å². The number of nitrogens with zero attached hydrogens (tertiary/aromatic N) is 3. The number of rotatable bonds is 5. The van der Waals surface area contributed by atoms with Gasteiger partial charge in [-0.25, -0.2) is 9.97 Å². The Morgan fingerprint density at radius 3 is 2.27 bits per heavy atom. The number of thioether (sulfide) groups is 1. The lowest BCUT2D eigenvalue weighted by Crippen LogP contribution is -2.21. The molecule has 0 aliphatic rings. The Balaban J connectivity index is 2.09. The molecular formula is C20H19Cl2N3S. The van der Waals surface area contributed by atoms with Crippen LogP contribution in [0.15, 0.2) is 59.6 Å². The van der Waals surface area contributed by atoms with Gasteiger partial charge in [0.1, 0.15) is 5.03 Å². The predicted octanol–water partition coefficient (Wildman–Crippen LogP) is 6.12. The Bertz CT molecular complexity index is 901. The SMILES string of the molecule is CC(Sc1cc(-c2ccc(Cl)c(Cl)c2)nc(-c2ccccc2)n1)N(C)C. The fourth-order valence-corrected chi connectivity index (χ4v) is 3.46. The summed E-state index contributed by atoms with van der Waals surface area (Å²) in [6, 6.07) is 17.5. The predicted molar refractivity (Wildman–Crippen MR) is 112 cm³/mol. The molecule has 0 saturated carbocycles. The molecule has 134 valence electrons. The van der Waals surface area contributed by atoms with E-state index in [1.807, 2.05) is 48.5 Å². The first kappa shape index (κ1) is 19.2. The second-order valence-electron chi connectivity index (χ2n) is 6.09. The van der Waals surface area contributed by atoms with E-state index in [9.17, 15) is 0 Å². The highest BCUT2D eigenvalue weighted by molar-refractivity contribution is 7.99. The van der Waals surface area contributed by atoms with Crippen LogP contribution in [0.4, 0.5) is 0 Å². The first-order valence-corrected chi connectivity index (χ1v) is 9.80. The molecule has 3 nitrogen and oxygen atoms in total. The molecule has 0 radical (unpaired) electrons. The Labute approximate surface area is 168 Å². The molecule has 2 aromatic carbocycles. The van der Waals surface area contributed by atoms with Crippen molar-refractivity contribution >= 4 is 35.0 Å². The molecule has 0 spiro atoms. The molecular weight excluding hydrogens is 385 g/mol. The molecule has 0 amide bonds.